The smallest absolute Gasteiger partial charge is 0.410 e. The summed E-state index contributed by atoms with van der Waals surface area (Å²) in [4.78, 5) is 26.5. The number of ether oxygens (including phenoxy) is 3. The molecule has 0 bridgehead atoms. The Balaban J connectivity index is 1.46. The van der Waals surface area contributed by atoms with Crippen molar-refractivity contribution in [1.29, 1.82) is 0 Å². The Kier molecular flexibility index (Phi) is 5.73. The number of carbonyl (C=O) groups excluding carboxylic acids is 2. The molecule has 1 amide bonds. The number of piperidine rings is 1. The minimum absolute atomic E-state index is 0.0469. The van der Waals surface area contributed by atoms with Gasteiger partial charge in [0, 0.05) is 25.4 Å². The molecule has 0 aliphatic carbocycles. The molecule has 146 valence electrons. The van der Waals surface area contributed by atoms with Gasteiger partial charge in [-0.15, -0.1) is 0 Å². The molecule has 0 radical (unpaired) electrons. The zero-order valence-corrected chi connectivity index (χ0v) is 16.1. The number of hydrogen-bond donors (Lipinski definition) is 0. The van der Waals surface area contributed by atoms with Gasteiger partial charge in [-0.05, 0) is 39.2 Å². The highest BCUT2D eigenvalue weighted by Crippen LogP contribution is 2.27. The molecule has 3 rings (SSSR count). The molecule has 6 nitrogen and oxygen atoms in total. The Morgan fingerprint density at radius 3 is 2.44 bits per heavy atom. The third-order valence-corrected chi connectivity index (χ3v) is 4.59. The minimum Gasteiger partial charge on any atom is -0.458 e. The number of Topliss-reactive ketones (excluding diaryl/α,β-unsaturated/α-hetero) is 1. The summed E-state index contributed by atoms with van der Waals surface area (Å²) >= 11 is 0. The Bertz CT molecular complexity index is 699. The maximum absolute atomic E-state index is 12.7. The third-order valence-electron chi connectivity index (χ3n) is 4.59. The van der Waals surface area contributed by atoms with E-state index in [1.54, 1.807) is 4.90 Å². The van der Waals surface area contributed by atoms with E-state index in [4.69, 9.17) is 14.2 Å². The summed E-state index contributed by atoms with van der Waals surface area (Å²) in [5, 5.41) is 0. The summed E-state index contributed by atoms with van der Waals surface area (Å²) in [7, 11) is 0. The fourth-order valence-corrected chi connectivity index (χ4v) is 3.20. The van der Waals surface area contributed by atoms with Crippen molar-refractivity contribution >= 4 is 11.9 Å². The van der Waals surface area contributed by atoms with Crippen LogP contribution in [0.3, 0.4) is 0 Å². The lowest BCUT2D eigenvalue weighted by Crippen LogP contribution is -2.43. The maximum Gasteiger partial charge on any atom is 0.410 e. The Hall–Kier alpha value is -2.50. The van der Waals surface area contributed by atoms with Gasteiger partial charge in [0.1, 0.15) is 11.9 Å². The first-order valence-corrected chi connectivity index (χ1v) is 9.40. The van der Waals surface area contributed by atoms with Crippen LogP contribution in [0.5, 0.6) is 0 Å². The molecule has 0 spiro atoms. The Morgan fingerprint density at radius 1 is 1.15 bits per heavy atom. The van der Waals surface area contributed by atoms with E-state index in [9.17, 15) is 9.59 Å². The number of nitrogens with zero attached hydrogens (tertiary/aromatic N) is 1. The predicted octanol–water partition coefficient (Wildman–Crippen LogP) is 3.66. The SMILES string of the molecule is CC(C)(C)OC(=O)N1CCC(C(=O)C2=COC(Cc3ccccc3)O2)CC1. The molecule has 2 heterocycles. The van der Waals surface area contributed by atoms with Crippen LogP contribution in [-0.4, -0.2) is 41.8 Å². The highest BCUT2D eigenvalue weighted by molar-refractivity contribution is 5.95. The molecule has 1 saturated heterocycles. The molecule has 1 atom stereocenters. The maximum atomic E-state index is 12.7. The van der Waals surface area contributed by atoms with Crippen molar-refractivity contribution in [2.45, 2.75) is 51.9 Å². The van der Waals surface area contributed by atoms with Gasteiger partial charge >= 0.3 is 6.09 Å². The van der Waals surface area contributed by atoms with Crippen molar-refractivity contribution in [2.24, 2.45) is 5.92 Å². The summed E-state index contributed by atoms with van der Waals surface area (Å²) in [5.41, 5.74) is 0.576. The number of rotatable bonds is 4. The van der Waals surface area contributed by atoms with Gasteiger partial charge in [0.05, 0.1) is 0 Å². The lowest BCUT2D eigenvalue weighted by atomic mass is 9.92. The molecule has 0 N–H and O–H groups in total. The van der Waals surface area contributed by atoms with Gasteiger partial charge in [0.25, 0.3) is 0 Å². The van der Waals surface area contributed by atoms with E-state index < -0.39 is 11.9 Å². The first kappa shape index (κ1) is 19.3. The van der Waals surface area contributed by atoms with E-state index in [1.807, 2.05) is 51.1 Å². The summed E-state index contributed by atoms with van der Waals surface area (Å²) in [6.45, 7) is 6.55. The van der Waals surface area contributed by atoms with Gasteiger partial charge in [-0.1, -0.05) is 30.3 Å². The normalized spacial score (nSPS) is 20.5. The summed E-state index contributed by atoms with van der Waals surface area (Å²) in [6, 6.07) is 9.87. The van der Waals surface area contributed by atoms with Crippen molar-refractivity contribution in [3.05, 3.63) is 47.9 Å². The molecule has 6 heteroatoms. The van der Waals surface area contributed by atoms with E-state index in [0.29, 0.717) is 32.4 Å². The zero-order valence-electron chi connectivity index (χ0n) is 16.1. The van der Waals surface area contributed by atoms with Gasteiger partial charge in [-0.25, -0.2) is 4.79 Å². The van der Waals surface area contributed by atoms with Gasteiger partial charge in [0.15, 0.2) is 0 Å². The monoisotopic (exact) mass is 373 g/mol. The Labute approximate surface area is 160 Å². The van der Waals surface area contributed by atoms with Crippen LogP contribution >= 0.6 is 0 Å². The molecule has 2 aliphatic rings. The molecule has 1 fully saturated rings. The van der Waals surface area contributed by atoms with E-state index >= 15 is 0 Å². The van der Waals surface area contributed by atoms with Crippen molar-refractivity contribution in [3.8, 4) is 0 Å². The number of likely N-dealkylation sites (tertiary alicyclic amines) is 1. The number of benzene rings is 1. The minimum atomic E-state index is -0.517. The van der Waals surface area contributed by atoms with Crippen molar-refractivity contribution < 1.29 is 23.8 Å². The zero-order chi connectivity index (χ0) is 19.4. The van der Waals surface area contributed by atoms with Gasteiger partial charge < -0.3 is 19.1 Å². The van der Waals surface area contributed by atoms with Crippen LogP contribution in [0.25, 0.3) is 0 Å². The third kappa shape index (κ3) is 5.25. The number of allylic oxidation sites excluding steroid dienone is 1. The van der Waals surface area contributed by atoms with E-state index in [2.05, 4.69) is 0 Å². The van der Waals surface area contributed by atoms with Crippen molar-refractivity contribution in [3.63, 3.8) is 0 Å². The fourth-order valence-electron chi connectivity index (χ4n) is 3.20. The molecule has 1 aromatic rings. The molecular formula is C21H27NO5. The second-order valence-corrected chi connectivity index (χ2v) is 7.96. The highest BCUT2D eigenvalue weighted by atomic mass is 16.7. The topological polar surface area (TPSA) is 65.1 Å². The van der Waals surface area contributed by atoms with Crippen LogP contribution in [0.1, 0.15) is 39.2 Å². The summed E-state index contributed by atoms with van der Waals surface area (Å²) in [6.07, 6.45) is 2.43. The quantitative estimate of drug-likeness (QED) is 0.806. The van der Waals surface area contributed by atoms with Crippen LogP contribution in [0.2, 0.25) is 0 Å². The average molecular weight is 373 g/mol. The van der Waals surface area contributed by atoms with E-state index in [0.717, 1.165) is 5.56 Å². The van der Waals surface area contributed by atoms with Gasteiger partial charge in [-0.3, -0.25) is 4.79 Å². The molecule has 27 heavy (non-hydrogen) atoms. The van der Waals surface area contributed by atoms with E-state index in [1.165, 1.54) is 6.26 Å². The largest absolute Gasteiger partial charge is 0.458 e. The first-order chi connectivity index (χ1) is 12.8. The Morgan fingerprint density at radius 2 is 1.81 bits per heavy atom. The van der Waals surface area contributed by atoms with Crippen LogP contribution < -0.4 is 0 Å². The molecule has 0 aromatic heterocycles. The highest BCUT2D eigenvalue weighted by Gasteiger charge is 2.34. The van der Waals surface area contributed by atoms with Gasteiger partial charge in [0.2, 0.25) is 17.8 Å². The van der Waals surface area contributed by atoms with Crippen molar-refractivity contribution in [2.75, 3.05) is 13.1 Å². The number of hydrogen-bond acceptors (Lipinski definition) is 5. The lowest BCUT2D eigenvalue weighted by Gasteiger charge is -2.32. The summed E-state index contributed by atoms with van der Waals surface area (Å²) < 4.78 is 16.6. The second-order valence-electron chi connectivity index (χ2n) is 7.96. The average Bonchev–Trinajstić information content (AvgIpc) is 3.09. The number of carbonyl (C=O) groups is 2. The first-order valence-electron chi connectivity index (χ1n) is 9.40. The van der Waals surface area contributed by atoms with E-state index in [-0.39, 0.29) is 23.6 Å². The van der Waals surface area contributed by atoms with Crippen molar-refractivity contribution in [1.82, 2.24) is 4.90 Å². The van der Waals surface area contributed by atoms with Crippen LogP contribution in [0, 0.1) is 5.92 Å². The summed E-state index contributed by atoms with van der Waals surface area (Å²) in [5.74, 6) is 0.0788. The fraction of sp³-hybridized carbons (Fsp3) is 0.524. The molecule has 1 unspecified atom stereocenters. The number of ketones is 1. The standard InChI is InChI=1S/C21H27NO5/c1-21(2,3)27-20(24)22-11-9-16(10-12-22)19(23)17-14-25-18(26-17)13-15-7-5-4-6-8-15/h4-8,14,16,18H,9-13H2,1-3H3. The van der Waals surface area contributed by atoms with Crippen LogP contribution in [0.4, 0.5) is 4.79 Å². The van der Waals surface area contributed by atoms with Crippen LogP contribution in [0.15, 0.2) is 42.4 Å². The predicted molar refractivity (Wildman–Crippen MR) is 99.7 cm³/mol. The molecule has 2 aliphatic heterocycles. The van der Waals surface area contributed by atoms with Gasteiger partial charge in [-0.2, -0.15) is 0 Å². The molecule has 1 aromatic carbocycles. The lowest BCUT2D eigenvalue weighted by molar-refractivity contribution is -0.126. The second kappa shape index (κ2) is 8.03. The molecule has 0 saturated carbocycles. The van der Waals surface area contributed by atoms with Crippen LogP contribution in [-0.2, 0) is 25.4 Å². The number of amides is 1. The molecular weight excluding hydrogens is 346 g/mol.